The topological polar surface area (TPSA) is 592 Å². The number of hydrogen-bond acceptors (Lipinski definition) is 36. The Morgan fingerprint density at radius 3 is 0.726 bits per heavy atom. The van der Waals surface area contributed by atoms with E-state index in [1.807, 2.05) is 0 Å². The number of aliphatic hydroxyl groups excluding tert-OH is 20. The van der Waals surface area contributed by atoms with Gasteiger partial charge < -0.3 is 173 Å². The van der Waals surface area contributed by atoms with Crippen molar-refractivity contribution in [2.24, 2.45) is 5.11 Å². The normalized spacial score (nSPS) is 51.6. The third kappa shape index (κ3) is 14.1. The highest BCUT2D eigenvalue weighted by atomic mass is 16.8. The summed E-state index contributed by atoms with van der Waals surface area (Å²) in [6.45, 7) is -7.54. The number of fused-ring (bicyclic) bond motifs is 7. The number of nitrogens with zero attached hydrogens (tertiary/aromatic N) is 3. The summed E-state index contributed by atoms with van der Waals surface area (Å²) in [7, 11) is 0. The van der Waals surface area contributed by atoms with Gasteiger partial charge in [-0.2, -0.15) is 0 Å². The van der Waals surface area contributed by atoms with Gasteiger partial charge in [-0.1, -0.05) is 5.11 Å². The number of rotatable bonds is 13. The Kier molecular flexibility index (Phi) is 24.3. The predicted molar refractivity (Wildman–Crippen MR) is 255 cm³/mol. The van der Waals surface area contributed by atoms with E-state index in [1.54, 1.807) is 0 Å². The molecular formula is C46H77N3O35. The third-order valence-electron chi connectivity index (χ3n) is 15.8. The standard InChI is InChI=1S/C46H77N3O35/c47-49-48-3-1-2-4-70-39-31(69)38-18(11-56)77-46(39)84-37-17(10-55)76-44(30(68)24(37)62)82-35-15(8-53)74-42(28(66)22(35)60)80-33-13(6-51)72-40(26(64)20(33)58)78-32-12(5-50)71-41(25(63)19(32)57)79-34-14(7-52)73-43(27(65)21(34)59)81-36-16(9-54)75-45(83-38)29(67)23(36)61/h12-46,50-69H,1-11H2/t12-,13-,14-,15-,16-,17-,18-,19-,20-,21-,22-,23-,24-,25-,26-,27-,28-,29-,30-,31+,32-,33-,34-,35-,36-,37-,38+,39-,40-,41-,42-,43-,44-,45-,46+/m1/s1. The van der Waals surface area contributed by atoms with Crippen LogP contribution in [0.1, 0.15) is 12.8 Å². The molecule has 0 spiro atoms. The van der Waals surface area contributed by atoms with Gasteiger partial charge in [0.25, 0.3) is 0 Å². The summed E-state index contributed by atoms with van der Waals surface area (Å²) < 4.78 is 87.1. The molecule has 84 heavy (non-hydrogen) atoms. The van der Waals surface area contributed by atoms with Crippen LogP contribution in [0.3, 0.4) is 0 Å². The molecule has 0 amide bonds. The molecule has 0 aliphatic carbocycles. The molecule has 0 aromatic rings. The molecule has 15 fully saturated rings. The molecular weight excluding hydrogens is 1150 g/mol. The fraction of sp³-hybridized carbons (Fsp3) is 1.00. The van der Waals surface area contributed by atoms with Gasteiger partial charge in [-0.25, -0.2) is 0 Å². The van der Waals surface area contributed by atoms with Crippen molar-refractivity contribution < 1.29 is 173 Å². The van der Waals surface area contributed by atoms with Crippen molar-refractivity contribution in [3.63, 3.8) is 0 Å². The largest absolute Gasteiger partial charge is 0.394 e. The van der Waals surface area contributed by atoms with Gasteiger partial charge in [-0.3, -0.25) is 0 Å². The van der Waals surface area contributed by atoms with Crippen molar-refractivity contribution in [2.45, 2.75) is 228 Å². The molecule has 0 radical (unpaired) electrons. The van der Waals surface area contributed by atoms with E-state index < -0.39 is 261 Å². The quantitative estimate of drug-likeness (QED) is 0.0352. The first kappa shape index (κ1) is 67.8. The lowest BCUT2D eigenvalue weighted by Crippen LogP contribution is -2.68. The highest BCUT2D eigenvalue weighted by Gasteiger charge is 2.60. The number of azide groups is 1. The number of aliphatic hydroxyl groups is 20. The Morgan fingerprint density at radius 1 is 0.286 bits per heavy atom. The Hall–Kier alpha value is -2.09. The van der Waals surface area contributed by atoms with Crippen LogP contribution in [-0.2, 0) is 71.1 Å². The molecule has 15 saturated heterocycles. The summed E-state index contributed by atoms with van der Waals surface area (Å²) in [6.07, 6.45) is -69.1. The van der Waals surface area contributed by atoms with E-state index in [0.29, 0.717) is 0 Å². The van der Waals surface area contributed by atoms with Crippen LogP contribution in [0.4, 0.5) is 0 Å². The van der Waals surface area contributed by atoms with Gasteiger partial charge in [-0.15, -0.1) is 0 Å². The molecule has 35 atom stereocenters. The zero-order valence-electron chi connectivity index (χ0n) is 44.4. The minimum atomic E-state index is -2.22. The van der Waals surface area contributed by atoms with Crippen molar-refractivity contribution >= 4 is 0 Å². The Balaban J connectivity index is 1.10. The van der Waals surface area contributed by atoms with E-state index in [4.69, 9.17) is 76.6 Å². The smallest absolute Gasteiger partial charge is 0.187 e. The molecule has 20 N–H and O–H groups in total. The van der Waals surface area contributed by atoms with E-state index in [2.05, 4.69) is 10.0 Å². The first-order valence-electron chi connectivity index (χ1n) is 27.1. The summed E-state index contributed by atoms with van der Waals surface area (Å²) in [4.78, 5) is 2.68. The first-order valence-corrected chi connectivity index (χ1v) is 27.1. The minimum Gasteiger partial charge on any atom is -0.394 e. The highest BCUT2D eigenvalue weighted by molar-refractivity contribution is 5.02. The number of hydrogen-bond donors (Lipinski definition) is 20. The second kappa shape index (κ2) is 30.1. The summed E-state index contributed by atoms with van der Waals surface area (Å²) in [6, 6.07) is 0. The maximum absolute atomic E-state index is 12.0. The molecule has 486 valence electrons. The lowest BCUT2D eigenvalue weighted by Gasteiger charge is -2.50. The number of ether oxygens (including phenoxy) is 15. The molecule has 15 aliphatic rings. The van der Waals surface area contributed by atoms with Crippen molar-refractivity contribution in [2.75, 3.05) is 59.4 Å². The van der Waals surface area contributed by atoms with Crippen molar-refractivity contribution in [3.05, 3.63) is 10.4 Å². The van der Waals surface area contributed by atoms with Crippen molar-refractivity contribution in [1.29, 1.82) is 0 Å². The van der Waals surface area contributed by atoms with E-state index >= 15 is 0 Å². The van der Waals surface area contributed by atoms with E-state index in [1.165, 1.54) is 0 Å². The zero-order valence-corrected chi connectivity index (χ0v) is 44.4. The van der Waals surface area contributed by atoms with Crippen LogP contribution in [0, 0.1) is 0 Å². The van der Waals surface area contributed by atoms with Gasteiger partial charge in [0.1, 0.15) is 171 Å². The molecule has 38 nitrogen and oxygen atoms in total. The molecule has 15 heterocycles. The summed E-state index contributed by atoms with van der Waals surface area (Å²) in [5, 5.41) is 226. The molecule has 14 bridgehead atoms. The second-order valence-electron chi connectivity index (χ2n) is 21.2. The van der Waals surface area contributed by atoms with Gasteiger partial charge in [-0.05, 0) is 18.4 Å². The monoisotopic (exact) mass is 1230 g/mol. The van der Waals surface area contributed by atoms with Gasteiger partial charge in [0.15, 0.2) is 44.0 Å². The van der Waals surface area contributed by atoms with Crippen LogP contribution in [0.15, 0.2) is 5.11 Å². The van der Waals surface area contributed by atoms with E-state index in [-0.39, 0.29) is 26.0 Å². The highest BCUT2D eigenvalue weighted by Crippen LogP contribution is 2.39. The Bertz CT molecular complexity index is 2060. The lowest BCUT2D eigenvalue weighted by molar-refractivity contribution is -0.398. The molecule has 0 unspecified atom stereocenters. The first-order chi connectivity index (χ1) is 40.2. The van der Waals surface area contributed by atoms with Crippen molar-refractivity contribution in [1.82, 2.24) is 0 Å². The van der Waals surface area contributed by atoms with E-state index in [0.717, 1.165) is 0 Å². The van der Waals surface area contributed by atoms with Crippen LogP contribution in [0.5, 0.6) is 0 Å². The average Bonchev–Trinajstić information content (AvgIpc) is 1.43. The van der Waals surface area contributed by atoms with Crippen LogP contribution in [0.2, 0.25) is 0 Å². The second-order valence-corrected chi connectivity index (χ2v) is 21.2. The maximum Gasteiger partial charge on any atom is 0.187 e. The summed E-state index contributed by atoms with van der Waals surface area (Å²) >= 11 is 0. The van der Waals surface area contributed by atoms with Gasteiger partial charge >= 0.3 is 0 Å². The summed E-state index contributed by atoms with van der Waals surface area (Å²) in [5.41, 5.74) is 8.72. The fourth-order valence-electron chi connectivity index (χ4n) is 11.1. The molecule has 15 rings (SSSR count). The number of unbranched alkanes of at least 4 members (excludes halogenated alkanes) is 1. The van der Waals surface area contributed by atoms with Crippen LogP contribution in [-0.4, -0.2) is 376 Å². The SMILES string of the molecule is [N-]=[N+]=NCCCCO[C@H]1[C@@H]2O[C@H]3[C@H](O)[C@@H](O)[C@@H](O[C@H]4[C@H](O)[C@@H](O)[C@@H](O[C@H]5[C@H](O)[C@@H](O)[C@@H](O[C@H]6[C@H](O)[C@@H](O)[C@@H](O[C@H]7[C@H](O)[C@@H](O)[C@@H](O[C@H]8[C@H](O)[C@@H](O)[C@@H](O[C@H]([C@@H]1O)[C@@H](CO)O2)O[C@@H]8CO)O[C@@H]7CO)O[C@@H]6CO)O[C@@H]5CO)O[C@@H]4CO)O[C@@H]3CO. The molecule has 0 saturated carbocycles. The average molecular weight is 1230 g/mol. The lowest BCUT2D eigenvalue weighted by atomic mass is 9.95. The van der Waals surface area contributed by atoms with Gasteiger partial charge in [0, 0.05) is 18.1 Å². The predicted octanol–water partition coefficient (Wildman–Crippen LogP) is -13.1. The van der Waals surface area contributed by atoms with Crippen LogP contribution in [0.25, 0.3) is 10.4 Å². The van der Waals surface area contributed by atoms with Crippen LogP contribution < -0.4 is 0 Å². The molecule has 38 heteroatoms. The van der Waals surface area contributed by atoms with Crippen molar-refractivity contribution in [3.8, 4) is 0 Å². The third-order valence-corrected chi connectivity index (χ3v) is 15.8. The fourth-order valence-corrected chi connectivity index (χ4v) is 11.1. The van der Waals surface area contributed by atoms with Crippen LogP contribution >= 0.6 is 0 Å². The molecule has 15 aliphatic heterocycles. The molecule has 0 aromatic heterocycles. The zero-order chi connectivity index (χ0) is 61.0. The maximum atomic E-state index is 12.0. The summed E-state index contributed by atoms with van der Waals surface area (Å²) in [5.74, 6) is 0. The minimum absolute atomic E-state index is 0.0223. The Morgan fingerprint density at radius 2 is 0.500 bits per heavy atom. The van der Waals surface area contributed by atoms with Gasteiger partial charge in [0.2, 0.25) is 0 Å². The van der Waals surface area contributed by atoms with Gasteiger partial charge in [0.05, 0.1) is 46.2 Å². The van der Waals surface area contributed by atoms with E-state index in [9.17, 15) is 102 Å². The Labute approximate surface area is 475 Å². The molecule has 0 aromatic carbocycles.